The van der Waals surface area contributed by atoms with Crippen LogP contribution in [0.4, 0.5) is 9.93 Å². The fraction of sp³-hybridized carbons (Fsp3) is 0.389. The summed E-state index contributed by atoms with van der Waals surface area (Å²) in [7, 11) is 0. The highest BCUT2D eigenvalue weighted by molar-refractivity contribution is 7.16. The normalized spacial score (nSPS) is 21.2. The SMILES string of the molecule is O=C(c1cccnc1)C1NCCc2nc(NC(=O)[C@H]3CCN(C(=O)O)C3)sc21. The van der Waals surface area contributed by atoms with Crippen LogP contribution in [0.2, 0.25) is 0 Å². The summed E-state index contributed by atoms with van der Waals surface area (Å²) in [6.45, 7) is 1.17. The number of pyridine rings is 1. The number of aromatic nitrogens is 2. The molecule has 9 nitrogen and oxygen atoms in total. The minimum atomic E-state index is -1.01. The molecule has 0 aliphatic carbocycles. The molecule has 0 saturated carbocycles. The van der Waals surface area contributed by atoms with Crippen molar-refractivity contribution in [2.45, 2.75) is 18.9 Å². The van der Waals surface area contributed by atoms with E-state index >= 15 is 0 Å². The van der Waals surface area contributed by atoms with E-state index < -0.39 is 12.1 Å². The molecule has 10 heteroatoms. The number of rotatable bonds is 4. The zero-order chi connectivity index (χ0) is 19.7. The smallest absolute Gasteiger partial charge is 0.407 e. The minimum absolute atomic E-state index is 0.0801. The molecule has 2 amide bonds. The number of amides is 2. The number of carbonyl (C=O) groups is 3. The van der Waals surface area contributed by atoms with E-state index in [1.807, 2.05) is 0 Å². The summed E-state index contributed by atoms with van der Waals surface area (Å²) in [6, 6.07) is 2.94. The Kier molecular flexibility index (Phi) is 5.05. The molecule has 4 rings (SSSR count). The predicted molar refractivity (Wildman–Crippen MR) is 101 cm³/mol. The van der Waals surface area contributed by atoms with Gasteiger partial charge in [0.2, 0.25) is 5.91 Å². The van der Waals surface area contributed by atoms with Crippen molar-refractivity contribution in [2.75, 3.05) is 25.0 Å². The van der Waals surface area contributed by atoms with E-state index in [0.29, 0.717) is 36.6 Å². The van der Waals surface area contributed by atoms with Gasteiger partial charge in [-0.3, -0.25) is 14.6 Å². The lowest BCUT2D eigenvalue weighted by Crippen LogP contribution is -2.34. The summed E-state index contributed by atoms with van der Waals surface area (Å²) >= 11 is 1.28. The summed E-state index contributed by atoms with van der Waals surface area (Å²) in [5.41, 5.74) is 1.33. The van der Waals surface area contributed by atoms with Gasteiger partial charge < -0.3 is 20.6 Å². The Balaban J connectivity index is 1.48. The number of anilines is 1. The molecule has 0 spiro atoms. The molecule has 3 N–H and O–H groups in total. The monoisotopic (exact) mass is 401 g/mol. The van der Waals surface area contributed by atoms with Crippen molar-refractivity contribution < 1.29 is 19.5 Å². The first-order valence-corrected chi connectivity index (χ1v) is 9.80. The van der Waals surface area contributed by atoms with Crippen LogP contribution in [0.5, 0.6) is 0 Å². The van der Waals surface area contributed by atoms with Gasteiger partial charge in [0, 0.05) is 44.0 Å². The van der Waals surface area contributed by atoms with E-state index in [-0.39, 0.29) is 24.2 Å². The van der Waals surface area contributed by atoms with Crippen molar-refractivity contribution in [3.05, 3.63) is 40.7 Å². The van der Waals surface area contributed by atoms with Crippen LogP contribution < -0.4 is 10.6 Å². The Hall–Kier alpha value is -2.85. The molecular weight excluding hydrogens is 382 g/mol. The van der Waals surface area contributed by atoms with Crippen molar-refractivity contribution >= 4 is 34.3 Å². The third-order valence-corrected chi connectivity index (χ3v) is 6.05. The number of nitrogens with zero attached hydrogens (tertiary/aromatic N) is 3. The number of fused-ring (bicyclic) bond motifs is 1. The fourth-order valence-corrected chi connectivity index (χ4v) is 4.58. The van der Waals surface area contributed by atoms with Gasteiger partial charge in [-0.2, -0.15) is 0 Å². The van der Waals surface area contributed by atoms with E-state index in [4.69, 9.17) is 5.11 Å². The third kappa shape index (κ3) is 3.60. The number of ketones is 1. The lowest BCUT2D eigenvalue weighted by atomic mass is 10.00. The zero-order valence-corrected chi connectivity index (χ0v) is 15.7. The maximum Gasteiger partial charge on any atom is 0.407 e. The van der Waals surface area contributed by atoms with Gasteiger partial charge in [0.25, 0.3) is 0 Å². The largest absolute Gasteiger partial charge is 0.465 e. The van der Waals surface area contributed by atoms with Crippen LogP contribution in [0.1, 0.15) is 33.4 Å². The van der Waals surface area contributed by atoms with Crippen molar-refractivity contribution in [3.8, 4) is 0 Å². The second-order valence-corrected chi connectivity index (χ2v) is 7.81. The third-order valence-electron chi connectivity index (χ3n) is 4.97. The van der Waals surface area contributed by atoms with Crippen molar-refractivity contribution in [2.24, 2.45) is 5.92 Å². The Bertz CT molecular complexity index is 916. The van der Waals surface area contributed by atoms with E-state index in [9.17, 15) is 14.4 Å². The number of Topliss-reactive ketones (excluding diaryl/α,β-unsaturated/α-hetero) is 1. The maximum absolute atomic E-state index is 12.8. The molecule has 1 fully saturated rings. The van der Waals surface area contributed by atoms with E-state index in [1.54, 1.807) is 18.3 Å². The van der Waals surface area contributed by atoms with E-state index in [2.05, 4.69) is 20.6 Å². The number of carbonyl (C=O) groups excluding carboxylic acids is 2. The standard InChI is InChI=1S/C18H19N5O4S/c24-14(10-2-1-5-19-8-10)13-15-12(3-6-20-13)21-17(28-15)22-16(25)11-4-7-23(9-11)18(26)27/h1-2,5,8,11,13,20H,3-4,6-7,9H2,(H,26,27)(H,21,22,25)/t11-,13?/m0/s1. The van der Waals surface area contributed by atoms with Crippen molar-refractivity contribution in [1.82, 2.24) is 20.2 Å². The molecule has 0 aromatic carbocycles. The van der Waals surface area contributed by atoms with Crippen LogP contribution in [0.15, 0.2) is 24.5 Å². The molecule has 0 bridgehead atoms. The maximum atomic E-state index is 12.8. The van der Waals surface area contributed by atoms with Gasteiger partial charge in [0.05, 0.1) is 16.5 Å². The van der Waals surface area contributed by atoms with Gasteiger partial charge in [0.1, 0.15) is 6.04 Å². The molecule has 2 aromatic rings. The van der Waals surface area contributed by atoms with E-state index in [1.165, 1.54) is 22.4 Å². The molecule has 2 atom stereocenters. The van der Waals surface area contributed by atoms with Gasteiger partial charge in [-0.25, -0.2) is 9.78 Å². The number of hydrogen-bond acceptors (Lipinski definition) is 7. The van der Waals surface area contributed by atoms with Crippen LogP contribution in [-0.4, -0.2) is 57.4 Å². The van der Waals surface area contributed by atoms with Crippen LogP contribution in [0.3, 0.4) is 0 Å². The molecule has 1 unspecified atom stereocenters. The number of thiazole rings is 1. The molecule has 2 aliphatic heterocycles. The summed E-state index contributed by atoms with van der Waals surface area (Å²) in [4.78, 5) is 46.9. The Morgan fingerprint density at radius 1 is 1.36 bits per heavy atom. The summed E-state index contributed by atoms with van der Waals surface area (Å²) < 4.78 is 0. The Morgan fingerprint density at radius 3 is 2.93 bits per heavy atom. The lowest BCUT2D eigenvalue weighted by molar-refractivity contribution is -0.119. The van der Waals surface area contributed by atoms with Crippen LogP contribution in [-0.2, 0) is 11.2 Å². The predicted octanol–water partition coefficient (Wildman–Crippen LogP) is 1.55. The highest BCUT2D eigenvalue weighted by atomic mass is 32.1. The average Bonchev–Trinajstić information content (AvgIpc) is 3.34. The lowest BCUT2D eigenvalue weighted by Gasteiger charge is -2.21. The Morgan fingerprint density at radius 2 is 2.21 bits per heavy atom. The first-order valence-electron chi connectivity index (χ1n) is 8.99. The van der Waals surface area contributed by atoms with Gasteiger partial charge in [-0.05, 0) is 18.6 Å². The van der Waals surface area contributed by atoms with E-state index in [0.717, 1.165) is 10.6 Å². The molecule has 2 aliphatic rings. The topological polar surface area (TPSA) is 125 Å². The molecule has 146 valence electrons. The fourth-order valence-electron chi connectivity index (χ4n) is 3.49. The molecule has 1 saturated heterocycles. The number of hydrogen-bond donors (Lipinski definition) is 3. The summed E-state index contributed by atoms with van der Waals surface area (Å²) in [5.74, 6) is -0.704. The van der Waals surface area contributed by atoms with Crippen LogP contribution in [0.25, 0.3) is 0 Å². The average molecular weight is 401 g/mol. The van der Waals surface area contributed by atoms with Gasteiger partial charge in [-0.1, -0.05) is 11.3 Å². The molecule has 0 radical (unpaired) electrons. The molecule has 4 heterocycles. The summed E-state index contributed by atoms with van der Waals surface area (Å²) in [6.07, 6.45) is 3.31. The number of carboxylic acid groups (broad SMARTS) is 1. The van der Waals surface area contributed by atoms with Gasteiger partial charge in [0.15, 0.2) is 10.9 Å². The summed E-state index contributed by atoms with van der Waals surface area (Å²) in [5, 5.41) is 15.5. The van der Waals surface area contributed by atoms with Crippen LogP contribution in [0, 0.1) is 5.92 Å². The van der Waals surface area contributed by atoms with Crippen molar-refractivity contribution in [3.63, 3.8) is 0 Å². The zero-order valence-electron chi connectivity index (χ0n) is 14.9. The highest BCUT2D eigenvalue weighted by Crippen LogP contribution is 2.34. The molecule has 2 aromatic heterocycles. The number of likely N-dealkylation sites (tertiary alicyclic amines) is 1. The highest BCUT2D eigenvalue weighted by Gasteiger charge is 2.33. The second-order valence-electron chi connectivity index (χ2n) is 6.78. The Labute approximate surface area is 164 Å². The van der Waals surface area contributed by atoms with Gasteiger partial charge in [-0.15, -0.1) is 0 Å². The van der Waals surface area contributed by atoms with Gasteiger partial charge >= 0.3 is 6.09 Å². The minimum Gasteiger partial charge on any atom is -0.465 e. The first kappa shape index (κ1) is 18.5. The first-order chi connectivity index (χ1) is 13.5. The van der Waals surface area contributed by atoms with Crippen molar-refractivity contribution in [1.29, 1.82) is 0 Å². The molecule has 28 heavy (non-hydrogen) atoms. The number of nitrogens with one attached hydrogen (secondary N) is 2. The molecular formula is C18H19N5O4S. The van der Waals surface area contributed by atoms with Crippen LogP contribution >= 0.6 is 11.3 Å². The second kappa shape index (κ2) is 7.64. The quantitative estimate of drug-likeness (QED) is 0.664.